The van der Waals surface area contributed by atoms with E-state index in [2.05, 4.69) is 35.1 Å². The lowest BCUT2D eigenvalue weighted by molar-refractivity contribution is -0.120. The highest BCUT2D eigenvalue weighted by Gasteiger charge is 2.15. The van der Waals surface area contributed by atoms with Crippen molar-refractivity contribution in [2.45, 2.75) is 37.9 Å². The van der Waals surface area contributed by atoms with Crippen LogP contribution in [0.1, 0.15) is 33.1 Å². The second-order valence-corrected chi connectivity index (χ2v) is 5.80. The summed E-state index contributed by atoms with van der Waals surface area (Å²) in [6.45, 7) is 5.13. The maximum atomic E-state index is 11.4. The highest BCUT2D eigenvalue weighted by Crippen LogP contribution is 2.19. The zero-order valence-electron chi connectivity index (χ0n) is 9.88. The summed E-state index contributed by atoms with van der Waals surface area (Å²) in [4.78, 5) is 11.8. The van der Waals surface area contributed by atoms with Crippen molar-refractivity contribution in [3.05, 3.63) is 0 Å². The predicted molar refractivity (Wildman–Crippen MR) is 72.8 cm³/mol. The molecular formula is C11H22BrNOS. The molecule has 0 bridgehead atoms. The van der Waals surface area contributed by atoms with E-state index < -0.39 is 0 Å². The van der Waals surface area contributed by atoms with Gasteiger partial charge in [-0.3, -0.25) is 4.79 Å². The van der Waals surface area contributed by atoms with Gasteiger partial charge in [-0.05, 0) is 12.2 Å². The molecule has 1 N–H and O–H groups in total. The van der Waals surface area contributed by atoms with Crippen molar-refractivity contribution < 1.29 is 4.79 Å². The number of alkyl halides is 1. The minimum Gasteiger partial charge on any atom is -0.355 e. The van der Waals surface area contributed by atoms with E-state index >= 15 is 0 Å². The highest BCUT2D eigenvalue weighted by atomic mass is 79.9. The Kier molecular flexibility index (Phi) is 9.71. The van der Waals surface area contributed by atoms with E-state index in [0.717, 1.165) is 25.1 Å². The van der Waals surface area contributed by atoms with Crippen LogP contribution in [0.25, 0.3) is 0 Å². The molecule has 2 nitrogen and oxygen atoms in total. The maximum absolute atomic E-state index is 11.4. The van der Waals surface area contributed by atoms with Crippen LogP contribution in [0.4, 0.5) is 0 Å². The molecule has 0 heterocycles. The summed E-state index contributed by atoms with van der Waals surface area (Å²) in [5.74, 6) is 1.73. The molecule has 15 heavy (non-hydrogen) atoms. The Morgan fingerprint density at radius 1 is 1.40 bits per heavy atom. The van der Waals surface area contributed by atoms with Gasteiger partial charge in [0.05, 0.1) is 0 Å². The Balaban J connectivity index is 3.68. The summed E-state index contributed by atoms with van der Waals surface area (Å²) in [6, 6.07) is 0. The Labute approximate surface area is 106 Å². The SMILES string of the molecule is CCC(CC)C(Br)CNC(=O)CCSC. The van der Waals surface area contributed by atoms with Crippen LogP contribution < -0.4 is 5.32 Å². The molecule has 1 atom stereocenters. The molecule has 90 valence electrons. The second-order valence-electron chi connectivity index (χ2n) is 3.64. The lowest BCUT2D eigenvalue weighted by atomic mass is 9.99. The van der Waals surface area contributed by atoms with Crippen molar-refractivity contribution >= 4 is 33.6 Å². The number of hydrogen-bond acceptors (Lipinski definition) is 2. The Bertz CT molecular complexity index is 174. The first-order chi connectivity index (χ1) is 7.15. The predicted octanol–water partition coefficient (Wildman–Crippen LogP) is 3.06. The number of rotatable bonds is 8. The molecule has 0 fully saturated rings. The monoisotopic (exact) mass is 295 g/mol. The number of thioether (sulfide) groups is 1. The molecule has 0 aliphatic carbocycles. The third kappa shape index (κ3) is 7.23. The molecular weight excluding hydrogens is 274 g/mol. The first-order valence-corrected chi connectivity index (χ1v) is 7.86. The summed E-state index contributed by atoms with van der Waals surface area (Å²) in [6.07, 6.45) is 4.97. The molecule has 1 amide bonds. The third-order valence-corrected chi connectivity index (χ3v) is 4.27. The standard InChI is InChI=1S/C11H22BrNOS/c1-4-9(5-2)10(12)8-13-11(14)6-7-15-3/h9-10H,4-8H2,1-3H3,(H,13,14). The topological polar surface area (TPSA) is 29.1 Å². The van der Waals surface area contributed by atoms with E-state index in [9.17, 15) is 4.79 Å². The van der Waals surface area contributed by atoms with Crippen LogP contribution in [0, 0.1) is 5.92 Å². The van der Waals surface area contributed by atoms with Crippen LogP contribution in [-0.2, 0) is 4.79 Å². The molecule has 0 radical (unpaired) electrons. The van der Waals surface area contributed by atoms with Crippen molar-refractivity contribution in [1.82, 2.24) is 5.32 Å². The first-order valence-electron chi connectivity index (χ1n) is 5.55. The Morgan fingerprint density at radius 3 is 2.47 bits per heavy atom. The van der Waals surface area contributed by atoms with Gasteiger partial charge in [-0.15, -0.1) is 0 Å². The molecule has 0 aromatic rings. The minimum absolute atomic E-state index is 0.166. The third-order valence-electron chi connectivity index (χ3n) is 2.59. The van der Waals surface area contributed by atoms with E-state index in [1.807, 2.05) is 6.26 Å². The van der Waals surface area contributed by atoms with Crippen molar-refractivity contribution in [2.75, 3.05) is 18.6 Å². The molecule has 0 rings (SSSR count). The number of carbonyl (C=O) groups excluding carboxylic acids is 1. The van der Waals surface area contributed by atoms with Crippen LogP contribution in [0.5, 0.6) is 0 Å². The molecule has 0 aliphatic heterocycles. The number of amides is 1. The van der Waals surface area contributed by atoms with Crippen LogP contribution in [0.15, 0.2) is 0 Å². The van der Waals surface area contributed by atoms with E-state index in [1.54, 1.807) is 11.8 Å². The van der Waals surface area contributed by atoms with E-state index in [1.165, 1.54) is 0 Å². The van der Waals surface area contributed by atoms with Gasteiger partial charge in [0.1, 0.15) is 0 Å². The van der Waals surface area contributed by atoms with Gasteiger partial charge in [0.25, 0.3) is 0 Å². The zero-order valence-corrected chi connectivity index (χ0v) is 12.3. The van der Waals surface area contributed by atoms with Gasteiger partial charge in [-0.25, -0.2) is 0 Å². The normalized spacial score (nSPS) is 12.9. The Hall–Kier alpha value is 0.300. The second kappa shape index (κ2) is 9.52. The summed E-state index contributed by atoms with van der Waals surface area (Å²) in [7, 11) is 0. The number of hydrogen-bond donors (Lipinski definition) is 1. The fourth-order valence-electron chi connectivity index (χ4n) is 1.46. The lowest BCUT2D eigenvalue weighted by Gasteiger charge is -2.19. The lowest BCUT2D eigenvalue weighted by Crippen LogP contribution is -2.33. The zero-order chi connectivity index (χ0) is 11.7. The van der Waals surface area contributed by atoms with Gasteiger partial charge < -0.3 is 5.32 Å². The quantitative estimate of drug-likeness (QED) is 0.698. The van der Waals surface area contributed by atoms with Gasteiger partial charge in [-0.2, -0.15) is 11.8 Å². The van der Waals surface area contributed by atoms with Crippen molar-refractivity contribution in [1.29, 1.82) is 0 Å². The smallest absolute Gasteiger partial charge is 0.220 e. The van der Waals surface area contributed by atoms with E-state index in [4.69, 9.17) is 0 Å². The van der Waals surface area contributed by atoms with Gasteiger partial charge in [-0.1, -0.05) is 42.6 Å². The average Bonchev–Trinajstić information content (AvgIpc) is 2.25. The van der Waals surface area contributed by atoms with Crippen molar-refractivity contribution in [3.63, 3.8) is 0 Å². The summed E-state index contributed by atoms with van der Waals surface area (Å²) in [5, 5.41) is 2.97. The minimum atomic E-state index is 0.166. The summed E-state index contributed by atoms with van der Waals surface area (Å²) >= 11 is 5.35. The maximum Gasteiger partial charge on any atom is 0.220 e. The van der Waals surface area contributed by atoms with E-state index in [-0.39, 0.29) is 5.91 Å². The molecule has 0 spiro atoms. The average molecular weight is 296 g/mol. The van der Waals surface area contributed by atoms with E-state index in [0.29, 0.717) is 17.2 Å². The number of nitrogens with one attached hydrogen (secondary N) is 1. The summed E-state index contributed by atoms with van der Waals surface area (Å²) in [5.41, 5.74) is 0. The van der Waals surface area contributed by atoms with Crippen LogP contribution in [0.2, 0.25) is 0 Å². The Morgan fingerprint density at radius 2 is 2.00 bits per heavy atom. The fraction of sp³-hybridized carbons (Fsp3) is 0.909. The van der Waals surface area contributed by atoms with Crippen LogP contribution in [-0.4, -0.2) is 29.3 Å². The van der Waals surface area contributed by atoms with Crippen LogP contribution >= 0.6 is 27.7 Å². The molecule has 0 saturated heterocycles. The molecule has 0 aromatic heterocycles. The highest BCUT2D eigenvalue weighted by molar-refractivity contribution is 9.09. The largest absolute Gasteiger partial charge is 0.355 e. The molecule has 4 heteroatoms. The van der Waals surface area contributed by atoms with Crippen molar-refractivity contribution in [3.8, 4) is 0 Å². The molecule has 1 unspecified atom stereocenters. The van der Waals surface area contributed by atoms with Gasteiger partial charge in [0.15, 0.2) is 0 Å². The number of carbonyl (C=O) groups is 1. The molecule has 0 aromatic carbocycles. The van der Waals surface area contributed by atoms with Crippen molar-refractivity contribution in [2.24, 2.45) is 5.92 Å². The first kappa shape index (κ1) is 15.3. The fourth-order valence-corrected chi connectivity index (χ4v) is 2.76. The summed E-state index contributed by atoms with van der Waals surface area (Å²) < 4.78 is 0. The van der Waals surface area contributed by atoms with Crippen LogP contribution in [0.3, 0.4) is 0 Å². The van der Waals surface area contributed by atoms with Gasteiger partial charge >= 0.3 is 0 Å². The molecule has 0 aliphatic rings. The van der Waals surface area contributed by atoms with Gasteiger partial charge in [0.2, 0.25) is 5.91 Å². The number of halogens is 1. The van der Waals surface area contributed by atoms with Gasteiger partial charge in [0, 0.05) is 23.5 Å². The molecule has 0 saturated carbocycles.